The van der Waals surface area contributed by atoms with Gasteiger partial charge in [0.25, 0.3) is 5.91 Å². The molecule has 1 N–H and O–H groups in total. The molecule has 0 spiro atoms. The highest BCUT2D eigenvalue weighted by Crippen LogP contribution is 2.27. The number of amides is 1. The predicted octanol–water partition coefficient (Wildman–Crippen LogP) is 3.68. The molecular formula is C21H23F2NO6S. The summed E-state index contributed by atoms with van der Waals surface area (Å²) in [5.74, 6) is -4.21. The average Bonchev–Trinajstić information content (AvgIpc) is 2.70. The maximum atomic E-state index is 12.5. The predicted molar refractivity (Wildman–Crippen MR) is 110 cm³/mol. The van der Waals surface area contributed by atoms with Gasteiger partial charge in [-0.1, -0.05) is 26.0 Å². The Balaban J connectivity index is 1.85. The number of carbonyl (C=O) groups excluding carboxylic acids is 2. The van der Waals surface area contributed by atoms with Gasteiger partial charge in [0.2, 0.25) is 9.84 Å². The van der Waals surface area contributed by atoms with Crippen LogP contribution in [0.2, 0.25) is 0 Å². The number of hydrogen-bond donors (Lipinski definition) is 1. The zero-order chi connectivity index (χ0) is 23.2. The van der Waals surface area contributed by atoms with Gasteiger partial charge in [-0.25, -0.2) is 13.2 Å². The first kappa shape index (κ1) is 24.3. The molecule has 0 aliphatic heterocycles. The number of benzene rings is 2. The Bertz CT molecular complexity index is 1040. The minimum absolute atomic E-state index is 0.159. The van der Waals surface area contributed by atoms with Crippen molar-refractivity contribution in [3.63, 3.8) is 0 Å². The van der Waals surface area contributed by atoms with Crippen molar-refractivity contribution < 1.29 is 36.3 Å². The number of aryl methyl sites for hydroxylation is 1. The Morgan fingerprint density at radius 3 is 2.26 bits per heavy atom. The highest BCUT2D eigenvalue weighted by molar-refractivity contribution is 7.91. The molecule has 1 amide bonds. The number of carbonyl (C=O) groups is 2. The van der Waals surface area contributed by atoms with Crippen LogP contribution in [0.4, 0.5) is 14.5 Å². The van der Waals surface area contributed by atoms with Crippen molar-refractivity contribution in [2.45, 2.75) is 37.3 Å². The van der Waals surface area contributed by atoms with Gasteiger partial charge in [0.15, 0.2) is 13.2 Å². The number of nitrogens with one attached hydrogen (secondary N) is 1. The maximum Gasteiger partial charge on any atom is 0.344 e. The van der Waals surface area contributed by atoms with Crippen molar-refractivity contribution in [3.05, 3.63) is 53.6 Å². The molecule has 0 atom stereocenters. The molecule has 0 saturated heterocycles. The highest BCUT2D eigenvalue weighted by atomic mass is 32.2. The van der Waals surface area contributed by atoms with E-state index in [1.807, 2.05) is 39.0 Å². The summed E-state index contributed by atoms with van der Waals surface area (Å²) in [6.45, 7) is 4.92. The van der Waals surface area contributed by atoms with Crippen molar-refractivity contribution in [2.24, 2.45) is 0 Å². The third-order valence-electron chi connectivity index (χ3n) is 4.20. The maximum absolute atomic E-state index is 12.5. The van der Waals surface area contributed by atoms with E-state index in [0.717, 1.165) is 35.4 Å². The van der Waals surface area contributed by atoms with Crippen LogP contribution in [0.5, 0.6) is 5.75 Å². The van der Waals surface area contributed by atoms with E-state index < -0.39 is 39.0 Å². The van der Waals surface area contributed by atoms with Gasteiger partial charge in [0, 0.05) is 5.69 Å². The zero-order valence-corrected chi connectivity index (χ0v) is 18.0. The van der Waals surface area contributed by atoms with Crippen molar-refractivity contribution in [1.29, 1.82) is 0 Å². The van der Waals surface area contributed by atoms with Crippen LogP contribution in [0, 0.1) is 6.92 Å². The lowest BCUT2D eigenvalue weighted by atomic mass is 10.0. The molecule has 0 heterocycles. The first-order valence-corrected chi connectivity index (χ1v) is 10.9. The Morgan fingerprint density at radius 1 is 1.03 bits per heavy atom. The zero-order valence-electron chi connectivity index (χ0n) is 17.2. The molecule has 0 bridgehead atoms. The van der Waals surface area contributed by atoms with Crippen LogP contribution in [-0.2, 0) is 24.2 Å². The second-order valence-electron chi connectivity index (χ2n) is 7.02. The summed E-state index contributed by atoms with van der Waals surface area (Å²) in [6, 6.07) is 9.89. The normalized spacial score (nSPS) is 11.5. The SMILES string of the molecule is Cc1ccc(C(C)C)c(OCC(=O)OCC(=O)Nc2ccc(S(=O)(=O)C(F)F)cc2)c1. The standard InChI is InChI=1S/C21H23F2NO6S/c1-13(2)17-9-4-14(3)10-18(17)29-12-20(26)30-11-19(25)24-15-5-7-16(8-6-15)31(27,28)21(22)23/h4-10,13,21H,11-12H2,1-3H3,(H,24,25). The fraction of sp³-hybridized carbons (Fsp3) is 0.333. The summed E-state index contributed by atoms with van der Waals surface area (Å²) in [4.78, 5) is 23.2. The molecule has 0 radical (unpaired) electrons. The van der Waals surface area contributed by atoms with Gasteiger partial charge in [-0.3, -0.25) is 4.79 Å². The molecule has 0 aliphatic rings. The summed E-state index contributed by atoms with van der Waals surface area (Å²) in [6.07, 6.45) is 0. The van der Waals surface area contributed by atoms with Gasteiger partial charge in [-0.15, -0.1) is 0 Å². The second kappa shape index (κ2) is 10.3. The average molecular weight is 455 g/mol. The van der Waals surface area contributed by atoms with Crippen LogP contribution < -0.4 is 10.1 Å². The first-order valence-electron chi connectivity index (χ1n) is 9.31. The number of hydrogen-bond acceptors (Lipinski definition) is 6. The van der Waals surface area contributed by atoms with Gasteiger partial charge in [0.05, 0.1) is 4.90 Å². The van der Waals surface area contributed by atoms with Gasteiger partial charge in [-0.05, 0) is 54.3 Å². The molecule has 0 fully saturated rings. The van der Waals surface area contributed by atoms with Crippen molar-refractivity contribution >= 4 is 27.4 Å². The lowest BCUT2D eigenvalue weighted by Crippen LogP contribution is -2.24. The third-order valence-corrected chi connectivity index (χ3v) is 5.60. The van der Waals surface area contributed by atoms with Crippen LogP contribution in [-0.4, -0.2) is 39.3 Å². The van der Waals surface area contributed by atoms with E-state index in [1.165, 1.54) is 0 Å². The summed E-state index contributed by atoms with van der Waals surface area (Å²) in [5, 5.41) is 2.37. The fourth-order valence-corrected chi connectivity index (χ4v) is 3.32. The minimum atomic E-state index is -4.71. The first-order chi connectivity index (χ1) is 14.5. The van der Waals surface area contributed by atoms with Crippen LogP contribution in [0.1, 0.15) is 30.9 Å². The number of anilines is 1. The minimum Gasteiger partial charge on any atom is -0.482 e. The fourth-order valence-electron chi connectivity index (χ4n) is 2.60. The molecule has 2 aromatic carbocycles. The van der Waals surface area contributed by atoms with Crippen molar-refractivity contribution in [2.75, 3.05) is 18.5 Å². The quantitative estimate of drug-likeness (QED) is 0.580. The summed E-state index contributed by atoms with van der Waals surface area (Å²) in [5.41, 5.74) is 2.07. The van der Waals surface area contributed by atoms with E-state index in [-0.39, 0.29) is 18.2 Å². The number of esters is 1. The molecule has 7 nitrogen and oxygen atoms in total. The number of halogens is 2. The third kappa shape index (κ3) is 6.74. The molecule has 0 saturated carbocycles. The molecule has 168 valence electrons. The van der Waals surface area contributed by atoms with Crippen LogP contribution in [0.3, 0.4) is 0 Å². The Morgan fingerprint density at radius 2 is 1.68 bits per heavy atom. The molecule has 2 aromatic rings. The topological polar surface area (TPSA) is 98.8 Å². The Kier molecular flexibility index (Phi) is 8.09. The molecular weight excluding hydrogens is 432 g/mol. The number of alkyl halides is 2. The van der Waals surface area contributed by atoms with Gasteiger partial charge >= 0.3 is 11.7 Å². The molecule has 2 rings (SSSR count). The summed E-state index contributed by atoms with van der Waals surface area (Å²) in [7, 11) is -4.71. The number of sulfone groups is 1. The van der Waals surface area contributed by atoms with Gasteiger partial charge < -0.3 is 14.8 Å². The van der Waals surface area contributed by atoms with E-state index in [1.54, 1.807) is 0 Å². The van der Waals surface area contributed by atoms with Crippen LogP contribution in [0.25, 0.3) is 0 Å². The molecule has 0 unspecified atom stereocenters. The molecule has 0 aromatic heterocycles. The van der Waals surface area contributed by atoms with E-state index in [9.17, 15) is 26.8 Å². The lowest BCUT2D eigenvalue weighted by molar-refractivity contribution is -0.149. The molecule has 31 heavy (non-hydrogen) atoms. The van der Waals surface area contributed by atoms with Crippen molar-refractivity contribution in [3.8, 4) is 5.75 Å². The second-order valence-corrected chi connectivity index (χ2v) is 8.94. The van der Waals surface area contributed by atoms with Gasteiger partial charge in [-0.2, -0.15) is 8.78 Å². The van der Waals surface area contributed by atoms with E-state index in [0.29, 0.717) is 5.75 Å². The largest absolute Gasteiger partial charge is 0.482 e. The van der Waals surface area contributed by atoms with Crippen LogP contribution >= 0.6 is 0 Å². The number of ether oxygens (including phenoxy) is 2. The summed E-state index contributed by atoms with van der Waals surface area (Å²) < 4.78 is 58.2. The Labute approximate surface area is 179 Å². The Hall–Kier alpha value is -3.01. The van der Waals surface area contributed by atoms with E-state index in [4.69, 9.17) is 9.47 Å². The van der Waals surface area contributed by atoms with Gasteiger partial charge in [0.1, 0.15) is 5.75 Å². The highest BCUT2D eigenvalue weighted by Gasteiger charge is 2.26. The molecule has 0 aliphatic carbocycles. The lowest BCUT2D eigenvalue weighted by Gasteiger charge is -2.14. The monoisotopic (exact) mass is 455 g/mol. The van der Waals surface area contributed by atoms with Crippen LogP contribution in [0.15, 0.2) is 47.4 Å². The molecule has 10 heteroatoms. The van der Waals surface area contributed by atoms with Crippen molar-refractivity contribution in [1.82, 2.24) is 0 Å². The van der Waals surface area contributed by atoms with E-state index in [2.05, 4.69) is 5.32 Å². The smallest absolute Gasteiger partial charge is 0.344 e. The number of rotatable bonds is 9. The van der Waals surface area contributed by atoms with E-state index >= 15 is 0 Å². The summed E-state index contributed by atoms with van der Waals surface area (Å²) >= 11 is 0.